The zero-order valence-corrected chi connectivity index (χ0v) is 13.9. The molecule has 3 aromatic heterocycles. The van der Waals surface area contributed by atoms with Gasteiger partial charge in [0.1, 0.15) is 12.7 Å². The number of aromatic nitrogens is 4. The lowest BCUT2D eigenvalue weighted by Crippen LogP contribution is -2.14. The summed E-state index contributed by atoms with van der Waals surface area (Å²) in [5.41, 5.74) is 2.06. The second-order valence-corrected chi connectivity index (χ2v) is 7.14. The summed E-state index contributed by atoms with van der Waals surface area (Å²) in [4.78, 5) is 22.8. The quantitative estimate of drug-likeness (QED) is 0.778. The van der Waals surface area contributed by atoms with Gasteiger partial charge in [-0.3, -0.25) is 9.48 Å². The fourth-order valence-electron chi connectivity index (χ4n) is 2.09. The highest BCUT2D eigenvalue weighted by Gasteiger charge is 2.11. The highest BCUT2D eigenvalue weighted by atomic mass is 32.1. The molecule has 3 heterocycles. The SMILES string of the molecule is Cc1cc(-c2csc(NC(=O)CCn3cncn3)n2)c(C)s1. The minimum atomic E-state index is -0.0744. The van der Waals surface area contributed by atoms with Crippen molar-refractivity contribution in [3.05, 3.63) is 33.9 Å². The van der Waals surface area contributed by atoms with E-state index >= 15 is 0 Å². The minimum absolute atomic E-state index is 0.0744. The number of carbonyl (C=O) groups excluding carboxylic acids is 1. The number of nitrogens with zero attached hydrogens (tertiary/aromatic N) is 4. The molecule has 0 bridgehead atoms. The van der Waals surface area contributed by atoms with Gasteiger partial charge in [-0.1, -0.05) is 0 Å². The number of hydrogen-bond donors (Lipinski definition) is 1. The highest BCUT2D eigenvalue weighted by molar-refractivity contribution is 7.14. The van der Waals surface area contributed by atoms with E-state index in [1.807, 2.05) is 5.38 Å². The average molecular weight is 333 g/mol. The highest BCUT2D eigenvalue weighted by Crippen LogP contribution is 2.32. The zero-order chi connectivity index (χ0) is 15.5. The van der Waals surface area contributed by atoms with Crippen LogP contribution in [0, 0.1) is 13.8 Å². The van der Waals surface area contributed by atoms with Crippen molar-refractivity contribution < 1.29 is 4.79 Å². The van der Waals surface area contributed by atoms with Crippen molar-refractivity contribution in [2.75, 3.05) is 5.32 Å². The second-order valence-electron chi connectivity index (χ2n) is 4.82. The monoisotopic (exact) mass is 333 g/mol. The smallest absolute Gasteiger partial charge is 0.228 e. The fraction of sp³-hybridized carbons (Fsp3) is 0.286. The van der Waals surface area contributed by atoms with Crippen LogP contribution in [0.1, 0.15) is 16.2 Å². The van der Waals surface area contributed by atoms with Gasteiger partial charge in [-0.2, -0.15) is 5.10 Å². The summed E-state index contributed by atoms with van der Waals surface area (Å²) < 4.78 is 1.63. The van der Waals surface area contributed by atoms with Crippen molar-refractivity contribution in [2.45, 2.75) is 26.8 Å². The maximum absolute atomic E-state index is 11.9. The Kier molecular flexibility index (Phi) is 4.30. The van der Waals surface area contributed by atoms with Crippen LogP contribution in [-0.2, 0) is 11.3 Å². The van der Waals surface area contributed by atoms with Crippen LogP contribution >= 0.6 is 22.7 Å². The molecule has 22 heavy (non-hydrogen) atoms. The fourth-order valence-corrected chi connectivity index (χ4v) is 3.75. The lowest BCUT2D eigenvalue weighted by molar-refractivity contribution is -0.116. The standard InChI is InChI=1S/C14H15N5OS2/c1-9-5-11(10(2)22-9)12-6-21-14(17-12)18-13(20)3-4-19-8-15-7-16-19/h5-8H,3-4H2,1-2H3,(H,17,18,20). The van der Waals surface area contributed by atoms with Crippen molar-refractivity contribution in [2.24, 2.45) is 0 Å². The molecule has 0 fully saturated rings. The molecule has 0 radical (unpaired) electrons. The average Bonchev–Trinajstić information content (AvgIpc) is 3.18. The third kappa shape index (κ3) is 3.40. The Bertz CT molecular complexity index is 775. The Morgan fingerprint density at radius 2 is 2.27 bits per heavy atom. The molecule has 0 aliphatic heterocycles. The van der Waals surface area contributed by atoms with E-state index in [2.05, 4.69) is 40.3 Å². The number of carbonyl (C=O) groups is 1. The Hall–Kier alpha value is -2.06. The molecule has 3 rings (SSSR count). The largest absolute Gasteiger partial charge is 0.302 e. The van der Waals surface area contributed by atoms with Crippen molar-refractivity contribution in [1.82, 2.24) is 19.7 Å². The summed E-state index contributed by atoms with van der Waals surface area (Å²) in [6.45, 7) is 4.68. The third-order valence-corrected chi connectivity index (χ3v) is 4.83. The zero-order valence-electron chi connectivity index (χ0n) is 12.2. The number of rotatable bonds is 5. The van der Waals surface area contributed by atoms with Crippen LogP contribution in [0.25, 0.3) is 11.3 Å². The Morgan fingerprint density at radius 1 is 1.41 bits per heavy atom. The van der Waals surface area contributed by atoms with Crippen LogP contribution in [0.5, 0.6) is 0 Å². The minimum Gasteiger partial charge on any atom is -0.302 e. The molecule has 3 aromatic rings. The number of anilines is 1. The predicted octanol–water partition coefficient (Wildman–Crippen LogP) is 3.11. The van der Waals surface area contributed by atoms with E-state index in [-0.39, 0.29) is 5.91 Å². The molecule has 8 heteroatoms. The molecular weight excluding hydrogens is 318 g/mol. The summed E-state index contributed by atoms with van der Waals surface area (Å²) in [6, 6.07) is 2.13. The first-order valence-electron chi connectivity index (χ1n) is 6.77. The topological polar surface area (TPSA) is 72.7 Å². The van der Waals surface area contributed by atoms with Crippen LogP contribution in [0.15, 0.2) is 24.1 Å². The third-order valence-electron chi connectivity index (χ3n) is 3.10. The number of thiophene rings is 1. The predicted molar refractivity (Wildman–Crippen MR) is 88.2 cm³/mol. The van der Waals surface area contributed by atoms with E-state index < -0.39 is 0 Å². The van der Waals surface area contributed by atoms with Crippen molar-refractivity contribution in [1.29, 1.82) is 0 Å². The molecule has 0 aliphatic rings. The maximum atomic E-state index is 11.9. The van der Waals surface area contributed by atoms with Crippen LogP contribution in [0.4, 0.5) is 5.13 Å². The molecular formula is C14H15N5OS2. The molecule has 0 saturated carbocycles. The number of amides is 1. The van der Waals surface area contributed by atoms with Crippen molar-refractivity contribution >= 4 is 33.7 Å². The number of thiazole rings is 1. The van der Waals surface area contributed by atoms with Gasteiger partial charge in [-0.05, 0) is 19.9 Å². The Balaban J connectivity index is 1.61. The van der Waals surface area contributed by atoms with Crippen LogP contribution in [0.3, 0.4) is 0 Å². The summed E-state index contributed by atoms with van der Waals surface area (Å²) in [5.74, 6) is -0.0744. The van der Waals surface area contributed by atoms with Gasteiger partial charge in [-0.25, -0.2) is 9.97 Å². The van der Waals surface area contributed by atoms with E-state index in [1.54, 1.807) is 22.3 Å². The molecule has 0 saturated heterocycles. The Labute approximate surface area is 135 Å². The van der Waals surface area contributed by atoms with Gasteiger partial charge in [0.05, 0.1) is 12.2 Å². The molecule has 1 amide bonds. The van der Waals surface area contributed by atoms with Gasteiger partial charge < -0.3 is 5.32 Å². The first-order chi connectivity index (χ1) is 10.6. The van der Waals surface area contributed by atoms with E-state index in [0.717, 1.165) is 11.3 Å². The van der Waals surface area contributed by atoms with E-state index in [4.69, 9.17) is 0 Å². The van der Waals surface area contributed by atoms with Crippen LogP contribution < -0.4 is 5.32 Å². The molecule has 0 unspecified atom stereocenters. The molecule has 0 spiro atoms. The Morgan fingerprint density at radius 3 is 2.95 bits per heavy atom. The summed E-state index contributed by atoms with van der Waals surface area (Å²) in [5, 5.41) is 9.40. The van der Waals surface area contributed by atoms with Crippen molar-refractivity contribution in [3.8, 4) is 11.3 Å². The molecule has 0 aliphatic carbocycles. The molecule has 0 atom stereocenters. The van der Waals surface area contributed by atoms with E-state index in [1.165, 1.54) is 27.4 Å². The van der Waals surface area contributed by atoms with Gasteiger partial charge in [-0.15, -0.1) is 22.7 Å². The summed E-state index contributed by atoms with van der Waals surface area (Å²) >= 11 is 3.20. The van der Waals surface area contributed by atoms with Gasteiger partial charge >= 0.3 is 0 Å². The lowest BCUT2D eigenvalue weighted by Gasteiger charge is -2.01. The first kappa shape index (κ1) is 14.9. The first-order valence-corrected chi connectivity index (χ1v) is 8.46. The van der Waals surface area contributed by atoms with Crippen LogP contribution in [-0.4, -0.2) is 25.7 Å². The van der Waals surface area contributed by atoms with E-state index in [0.29, 0.717) is 18.1 Å². The van der Waals surface area contributed by atoms with Gasteiger partial charge in [0.25, 0.3) is 0 Å². The maximum Gasteiger partial charge on any atom is 0.228 e. The summed E-state index contributed by atoms with van der Waals surface area (Å²) in [6.07, 6.45) is 3.39. The van der Waals surface area contributed by atoms with Gasteiger partial charge in [0.2, 0.25) is 5.91 Å². The molecule has 6 nitrogen and oxygen atoms in total. The summed E-state index contributed by atoms with van der Waals surface area (Å²) in [7, 11) is 0. The molecule has 114 valence electrons. The molecule has 1 N–H and O–H groups in total. The number of hydrogen-bond acceptors (Lipinski definition) is 6. The van der Waals surface area contributed by atoms with Crippen LogP contribution in [0.2, 0.25) is 0 Å². The molecule has 0 aromatic carbocycles. The number of aryl methyl sites for hydroxylation is 3. The van der Waals surface area contributed by atoms with Crippen molar-refractivity contribution in [3.63, 3.8) is 0 Å². The van der Waals surface area contributed by atoms with Gasteiger partial charge in [0, 0.05) is 27.1 Å². The normalized spacial score (nSPS) is 10.8. The second kappa shape index (κ2) is 6.37. The van der Waals surface area contributed by atoms with E-state index in [9.17, 15) is 4.79 Å². The van der Waals surface area contributed by atoms with Gasteiger partial charge in [0.15, 0.2) is 5.13 Å². The lowest BCUT2D eigenvalue weighted by atomic mass is 10.2. The number of nitrogens with one attached hydrogen (secondary N) is 1.